The van der Waals surface area contributed by atoms with Crippen LogP contribution in [0.5, 0.6) is 0 Å². The van der Waals surface area contributed by atoms with E-state index in [-0.39, 0.29) is 6.09 Å². The number of ether oxygens (including phenoxy) is 1. The van der Waals surface area contributed by atoms with Gasteiger partial charge in [0.05, 0.1) is 5.69 Å². The number of anilines is 1. The SMILES string of the molecule is Cc1nc2nc(C)c(CC3CCN(c4ccc(-c5ccc(CN6CCN(C(=O)OC(C)(C)C)CC6)cn5)cc4)C3)c(C)n2n1. The van der Waals surface area contributed by atoms with Gasteiger partial charge in [0.25, 0.3) is 5.78 Å². The van der Waals surface area contributed by atoms with E-state index < -0.39 is 5.60 Å². The number of benzene rings is 1. The van der Waals surface area contributed by atoms with Gasteiger partial charge in [-0.15, -0.1) is 0 Å². The maximum atomic E-state index is 12.4. The second-order valence-corrected chi connectivity index (χ2v) is 13.3. The Morgan fingerprint density at radius 2 is 1.70 bits per heavy atom. The third kappa shape index (κ3) is 6.70. The summed E-state index contributed by atoms with van der Waals surface area (Å²) in [5.41, 5.74) is 7.57. The normalized spacial score (nSPS) is 17.9. The van der Waals surface area contributed by atoms with Gasteiger partial charge in [-0.2, -0.15) is 10.1 Å². The number of aromatic nitrogens is 5. The Bertz CT molecular complexity index is 1620. The minimum atomic E-state index is -0.467. The van der Waals surface area contributed by atoms with Crippen molar-refractivity contribution in [1.29, 1.82) is 0 Å². The summed E-state index contributed by atoms with van der Waals surface area (Å²) in [6, 6.07) is 13.1. The Hall–Kier alpha value is -4.05. The first-order valence-electron chi connectivity index (χ1n) is 15.7. The molecule has 1 aromatic carbocycles. The molecule has 1 amide bonds. The lowest BCUT2D eigenvalue weighted by Crippen LogP contribution is -2.49. The quantitative estimate of drug-likeness (QED) is 0.299. The van der Waals surface area contributed by atoms with Crippen molar-refractivity contribution in [2.75, 3.05) is 44.2 Å². The van der Waals surface area contributed by atoms with Gasteiger partial charge in [-0.05, 0) is 89.6 Å². The molecule has 0 radical (unpaired) electrons. The highest BCUT2D eigenvalue weighted by molar-refractivity contribution is 5.68. The Kier molecular flexibility index (Phi) is 8.28. The van der Waals surface area contributed by atoms with Crippen LogP contribution < -0.4 is 4.90 Å². The number of aryl methyl sites for hydroxylation is 3. The number of hydrogen-bond acceptors (Lipinski definition) is 8. The average molecular weight is 597 g/mol. The van der Waals surface area contributed by atoms with Gasteiger partial charge in [-0.3, -0.25) is 9.88 Å². The van der Waals surface area contributed by atoms with Crippen molar-refractivity contribution >= 4 is 17.6 Å². The molecule has 1 atom stereocenters. The Morgan fingerprint density at radius 3 is 2.39 bits per heavy atom. The molecule has 2 aliphatic rings. The first kappa shape index (κ1) is 30.0. The zero-order valence-electron chi connectivity index (χ0n) is 26.9. The predicted octanol–water partition coefficient (Wildman–Crippen LogP) is 5.23. The average Bonchev–Trinajstić information content (AvgIpc) is 3.61. The lowest BCUT2D eigenvalue weighted by molar-refractivity contribution is 0.0139. The van der Waals surface area contributed by atoms with E-state index in [2.05, 4.69) is 70.1 Å². The number of hydrogen-bond donors (Lipinski definition) is 0. The Balaban J connectivity index is 1.01. The molecule has 1 unspecified atom stereocenters. The second-order valence-electron chi connectivity index (χ2n) is 13.3. The van der Waals surface area contributed by atoms with E-state index >= 15 is 0 Å². The highest BCUT2D eigenvalue weighted by Crippen LogP contribution is 2.30. The van der Waals surface area contributed by atoms with Crippen LogP contribution in [0.2, 0.25) is 0 Å². The van der Waals surface area contributed by atoms with Gasteiger partial charge in [-0.1, -0.05) is 18.2 Å². The summed E-state index contributed by atoms with van der Waals surface area (Å²) in [6.07, 6.45) is 3.92. The maximum Gasteiger partial charge on any atom is 0.410 e. The third-order valence-electron chi connectivity index (χ3n) is 8.72. The molecule has 0 saturated carbocycles. The van der Waals surface area contributed by atoms with Gasteiger partial charge in [-0.25, -0.2) is 14.3 Å². The summed E-state index contributed by atoms with van der Waals surface area (Å²) in [4.78, 5) is 33.0. The third-order valence-corrected chi connectivity index (χ3v) is 8.72. The van der Waals surface area contributed by atoms with Crippen molar-refractivity contribution in [3.63, 3.8) is 0 Å². The minimum absolute atomic E-state index is 0.224. The molecule has 232 valence electrons. The smallest absolute Gasteiger partial charge is 0.410 e. The van der Waals surface area contributed by atoms with E-state index in [4.69, 9.17) is 14.7 Å². The fourth-order valence-corrected chi connectivity index (χ4v) is 6.33. The van der Waals surface area contributed by atoms with Crippen molar-refractivity contribution in [2.24, 2.45) is 5.92 Å². The van der Waals surface area contributed by atoms with E-state index in [1.165, 1.54) is 16.8 Å². The van der Waals surface area contributed by atoms with Crippen molar-refractivity contribution < 1.29 is 9.53 Å². The number of carbonyl (C=O) groups is 1. The van der Waals surface area contributed by atoms with E-state index in [0.717, 1.165) is 74.0 Å². The number of carbonyl (C=O) groups excluding carboxylic acids is 1. The highest BCUT2D eigenvalue weighted by Gasteiger charge is 2.27. The van der Waals surface area contributed by atoms with E-state index in [9.17, 15) is 4.79 Å². The molecule has 4 aromatic rings. The van der Waals surface area contributed by atoms with Crippen LogP contribution in [0.15, 0.2) is 42.6 Å². The summed E-state index contributed by atoms with van der Waals surface area (Å²) in [6.45, 7) is 17.8. The van der Waals surface area contributed by atoms with Gasteiger partial charge >= 0.3 is 6.09 Å². The van der Waals surface area contributed by atoms with Crippen LogP contribution in [0.25, 0.3) is 17.0 Å². The van der Waals surface area contributed by atoms with E-state index in [0.29, 0.717) is 24.8 Å². The summed E-state index contributed by atoms with van der Waals surface area (Å²) in [5.74, 6) is 2.02. The first-order chi connectivity index (χ1) is 21.0. The van der Waals surface area contributed by atoms with Gasteiger partial charge in [0.2, 0.25) is 0 Å². The lowest BCUT2D eigenvalue weighted by Gasteiger charge is -2.35. The number of nitrogens with zero attached hydrogens (tertiary/aromatic N) is 8. The molecular weight excluding hydrogens is 552 g/mol. The van der Waals surface area contributed by atoms with Crippen LogP contribution in [0.3, 0.4) is 0 Å². The maximum absolute atomic E-state index is 12.4. The Morgan fingerprint density at radius 1 is 0.955 bits per heavy atom. The molecule has 10 nitrogen and oxygen atoms in total. The van der Waals surface area contributed by atoms with Gasteiger partial charge in [0.1, 0.15) is 11.4 Å². The standard InChI is InChI=1S/C34H44N8O2/c1-23-30(24(2)42-32(36-23)37-25(3)38-42)19-26-13-14-41(22-26)29-10-8-28(9-11-29)31-12-7-27(20-35-31)21-39-15-17-40(18-16-39)33(43)44-34(4,5)6/h7-12,20,26H,13-19,21-22H2,1-6H3. The summed E-state index contributed by atoms with van der Waals surface area (Å²) < 4.78 is 7.41. The van der Waals surface area contributed by atoms with Crippen LogP contribution in [0.1, 0.15) is 55.5 Å². The predicted molar refractivity (Wildman–Crippen MR) is 172 cm³/mol. The molecule has 5 heterocycles. The molecule has 0 aliphatic carbocycles. The lowest BCUT2D eigenvalue weighted by atomic mass is 9.96. The molecule has 6 rings (SSSR count). The minimum Gasteiger partial charge on any atom is -0.444 e. The van der Waals surface area contributed by atoms with Gasteiger partial charge in [0.15, 0.2) is 0 Å². The van der Waals surface area contributed by atoms with Crippen LogP contribution in [-0.2, 0) is 17.7 Å². The number of pyridine rings is 1. The highest BCUT2D eigenvalue weighted by atomic mass is 16.6. The van der Waals surface area contributed by atoms with E-state index in [1.807, 2.05) is 38.4 Å². The molecule has 0 spiro atoms. The monoisotopic (exact) mass is 596 g/mol. The fraction of sp³-hybridized carbons (Fsp3) is 0.500. The van der Waals surface area contributed by atoms with Crippen molar-refractivity contribution in [3.8, 4) is 11.3 Å². The van der Waals surface area contributed by atoms with Crippen LogP contribution in [0, 0.1) is 26.7 Å². The molecule has 2 saturated heterocycles. The molecule has 0 N–H and O–H groups in total. The number of fused-ring (bicyclic) bond motifs is 1. The molecule has 2 aliphatic heterocycles. The van der Waals surface area contributed by atoms with Crippen molar-refractivity contribution in [3.05, 3.63) is 70.9 Å². The molecule has 0 bridgehead atoms. The van der Waals surface area contributed by atoms with Crippen LogP contribution in [0.4, 0.5) is 10.5 Å². The summed E-state index contributed by atoms with van der Waals surface area (Å²) >= 11 is 0. The van der Waals surface area contributed by atoms with Crippen molar-refractivity contribution in [1.82, 2.24) is 34.4 Å². The van der Waals surface area contributed by atoms with Crippen LogP contribution >= 0.6 is 0 Å². The van der Waals surface area contributed by atoms with Crippen molar-refractivity contribution in [2.45, 2.75) is 66.5 Å². The number of amides is 1. The number of rotatable bonds is 6. The molecule has 10 heteroatoms. The summed E-state index contributed by atoms with van der Waals surface area (Å²) in [7, 11) is 0. The van der Waals surface area contributed by atoms with Gasteiger partial charge in [0, 0.05) is 74.6 Å². The first-order valence-corrected chi connectivity index (χ1v) is 15.7. The zero-order chi connectivity index (χ0) is 31.0. The zero-order valence-corrected chi connectivity index (χ0v) is 26.9. The topological polar surface area (TPSA) is 92.0 Å². The number of piperazine rings is 1. The second kappa shape index (κ2) is 12.1. The summed E-state index contributed by atoms with van der Waals surface area (Å²) in [5, 5.41) is 4.54. The van der Waals surface area contributed by atoms with Crippen LogP contribution in [-0.4, -0.2) is 85.3 Å². The molecule has 3 aromatic heterocycles. The molecule has 44 heavy (non-hydrogen) atoms. The van der Waals surface area contributed by atoms with Gasteiger partial charge < -0.3 is 14.5 Å². The van der Waals surface area contributed by atoms with E-state index in [1.54, 1.807) is 4.90 Å². The molecule has 2 fully saturated rings. The Labute approximate surface area is 260 Å². The fourth-order valence-electron chi connectivity index (χ4n) is 6.33. The molecular formula is C34H44N8O2. The largest absolute Gasteiger partial charge is 0.444 e.